The quantitative estimate of drug-likeness (QED) is 0.765. The van der Waals surface area contributed by atoms with E-state index in [-0.39, 0.29) is 5.56 Å². The lowest BCUT2D eigenvalue weighted by Gasteiger charge is -1.99. The summed E-state index contributed by atoms with van der Waals surface area (Å²) < 4.78 is 7.22. The number of aromatic carboxylic acids is 1. The second kappa shape index (κ2) is 3.98. The molecule has 0 saturated carbocycles. The molecule has 19 heavy (non-hydrogen) atoms. The van der Waals surface area contributed by atoms with Crippen LogP contribution in [0.4, 0.5) is 0 Å². The standard InChI is InChI=1S/C14H12N2O3/c1-8-3-4-11-9(5-8)6-12(19-11)13-10(14(17)18)7-15-16(13)2/h3-7H,1-2H3,(H,17,18). The van der Waals surface area contributed by atoms with Gasteiger partial charge in [0, 0.05) is 12.4 Å². The topological polar surface area (TPSA) is 68.3 Å². The number of aryl methyl sites for hydroxylation is 2. The van der Waals surface area contributed by atoms with Crippen molar-refractivity contribution >= 4 is 16.9 Å². The Morgan fingerprint density at radius 2 is 2.16 bits per heavy atom. The first-order valence-corrected chi connectivity index (χ1v) is 5.82. The first kappa shape index (κ1) is 11.5. The third-order valence-corrected chi connectivity index (χ3v) is 3.07. The van der Waals surface area contributed by atoms with Gasteiger partial charge in [-0.2, -0.15) is 5.10 Å². The molecular weight excluding hydrogens is 244 g/mol. The monoisotopic (exact) mass is 256 g/mol. The fraction of sp³-hybridized carbons (Fsp3) is 0.143. The summed E-state index contributed by atoms with van der Waals surface area (Å²) in [5, 5.41) is 14.1. The van der Waals surface area contributed by atoms with Gasteiger partial charge in [0.2, 0.25) is 0 Å². The van der Waals surface area contributed by atoms with Gasteiger partial charge in [0.05, 0.1) is 6.20 Å². The molecule has 2 heterocycles. The highest BCUT2D eigenvalue weighted by atomic mass is 16.4. The van der Waals surface area contributed by atoms with Gasteiger partial charge in [0.25, 0.3) is 0 Å². The lowest BCUT2D eigenvalue weighted by Crippen LogP contribution is -1.99. The molecule has 0 aliphatic rings. The van der Waals surface area contributed by atoms with Gasteiger partial charge in [-0.05, 0) is 25.1 Å². The molecule has 0 saturated heterocycles. The Hall–Kier alpha value is -2.56. The van der Waals surface area contributed by atoms with Gasteiger partial charge in [0.15, 0.2) is 5.76 Å². The Bertz CT molecular complexity index is 783. The van der Waals surface area contributed by atoms with Crippen molar-refractivity contribution in [1.82, 2.24) is 9.78 Å². The van der Waals surface area contributed by atoms with Gasteiger partial charge >= 0.3 is 5.97 Å². The maximum Gasteiger partial charge on any atom is 0.339 e. The van der Waals surface area contributed by atoms with Crippen LogP contribution < -0.4 is 0 Å². The second-order valence-electron chi connectivity index (χ2n) is 4.49. The molecule has 0 amide bonds. The van der Waals surface area contributed by atoms with E-state index in [1.165, 1.54) is 10.9 Å². The third-order valence-electron chi connectivity index (χ3n) is 3.07. The van der Waals surface area contributed by atoms with Crippen molar-refractivity contribution in [3.8, 4) is 11.5 Å². The van der Waals surface area contributed by atoms with Crippen molar-refractivity contribution in [1.29, 1.82) is 0 Å². The maximum absolute atomic E-state index is 11.2. The minimum atomic E-state index is -1.01. The molecule has 2 aromatic heterocycles. The van der Waals surface area contributed by atoms with E-state index in [9.17, 15) is 4.79 Å². The summed E-state index contributed by atoms with van der Waals surface area (Å²) >= 11 is 0. The molecule has 0 spiro atoms. The summed E-state index contributed by atoms with van der Waals surface area (Å²) in [6.45, 7) is 2.00. The minimum absolute atomic E-state index is 0.137. The average Bonchev–Trinajstić information content (AvgIpc) is 2.91. The molecule has 0 bridgehead atoms. The number of aromatic nitrogens is 2. The predicted molar refractivity (Wildman–Crippen MR) is 70.1 cm³/mol. The summed E-state index contributed by atoms with van der Waals surface area (Å²) in [4.78, 5) is 11.2. The maximum atomic E-state index is 11.2. The average molecular weight is 256 g/mol. The van der Waals surface area contributed by atoms with E-state index in [0.717, 1.165) is 16.5 Å². The van der Waals surface area contributed by atoms with Crippen LogP contribution in [0, 0.1) is 6.92 Å². The van der Waals surface area contributed by atoms with Crippen LogP contribution in [0.2, 0.25) is 0 Å². The predicted octanol–water partition coefficient (Wildman–Crippen LogP) is 2.84. The molecule has 0 radical (unpaired) electrons. The third kappa shape index (κ3) is 1.79. The Labute approximate surface area is 109 Å². The summed E-state index contributed by atoms with van der Waals surface area (Å²) in [6.07, 6.45) is 1.33. The van der Waals surface area contributed by atoms with E-state index in [1.54, 1.807) is 7.05 Å². The molecule has 0 atom stereocenters. The molecule has 5 nitrogen and oxygen atoms in total. The number of furan rings is 1. The number of fused-ring (bicyclic) bond motifs is 1. The number of carboxylic acid groups (broad SMARTS) is 1. The molecule has 3 aromatic rings. The number of carboxylic acids is 1. The Morgan fingerprint density at radius 3 is 2.89 bits per heavy atom. The number of rotatable bonds is 2. The number of hydrogen-bond donors (Lipinski definition) is 1. The Morgan fingerprint density at radius 1 is 1.37 bits per heavy atom. The van der Waals surface area contributed by atoms with E-state index in [2.05, 4.69) is 5.10 Å². The lowest BCUT2D eigenvalue weighted by molar-refractivity contribution is 0.0697. The molecule has 96 valence electrons. The van der Waals surface area contributed by atoms with Crippen LogP contribution in [0.5, 0.6) is 0 Å². The smallest absolute Gasteiger partial charge is 0.339 e. The summed E-state index contributed by atoms with van der Waals surface area (Å²) in [7, 11) is 1.69. The van der Waals surface area contributed by atoms with E-state index >= 15 is 0 Å². The highest BCUT2D eigenvalue weighted by molar-refractivity contribution is 5.95. The zero-order valence-corrected chi connectivity index (χ0v) is 10.5. The Kier molecular flexibility index (Phi) is 2.41. The molecule has 0 fully saturated rings. The van der Waals surface area contributed by atoms with Crippen LogP contribution in [0.1, 0.15) is 15.9 Å². The number of benzene rings is 1. The van der Waals surface area contributed by atoms with Crippen molar-refractivity contribution in [2.24, 2.45) is 7.05 Å². The number of nitrogens with zero attached hydrogens (tertiary/aromatic N) is 2. The number of carbonyl (C=O) groups is 1. The molecular formula is C14H12N2O3. The van der Waals surface area contributed by atoms with Crippen molar-refractivity contribution in [2.75, 3.05) is 0 Å². The summed E-state index contributed by atoms with van der Waals surface area (Å²) in [5.74, 6) is -0.502. The molecule has 0 unspecified atom stereocenters. The molecule has 5 heteroatoms. The molecule has 3 rings (SSSR count). The zero-order valence-electron chi connectivity index (χ0n) is 10.5. The largest absolute Gasteiger partial charge is 0.478 e. The van der Waals surface area contributed by atoms with E-state index in [0.29, 0.717) is 11.5 Å². The van der Waals surface area contributed by atoms with Crippen molar-refractivity contribution in [3.63, 3.8) is 0 Å². The van der Waals surface area contributed by atoms with Gasteiger partial charge in [0.1, 0.15) is 16.8 Å². The van der Waals surface area contributed by atoms with Gasteiger partial charge in [-0.1, -0.05) is 11.6 Å². The molecule has 1 aromatic carbocycles. The number of hydrogen-bond acceptors (Lipinski definition) is 3. The van der Waals surface area contributed by atoms with Crippen molar-refractivity contribution < 1.29 is 14.3 Å². The normalized spacial score (nSPS) is 11.1. The van der Waals surface area contributed by atoms with Crippen LogP contribution in [-0.2, 0) is 7.05 Å². The summed E-state index contributed by atoms with van der Waals surface area (Å²) in [6, 6.07) is 7.67. The highest BCUT2D eigenvalue weighted by Gasteiger charge is 2.19. The molecule has 1 N–H and O–H groups in total. The van der Waals surface area contributed by atoms with Crippen LogP contribution in [0.3, 0.4) is 0 Å². The SMILES string of the molecule is Cc1ccc2oc(-c3c(C(=O)O)cnn3C)cc2c1. The minimum Gasteiger partial charge on any atom is -0.478 e. The van der Waals surface area contributed by atoms with Gasteiger partial charge in [-0.25, -0.2) is 4.79 Å². The van der Waals surface area contributed by atoms with Crippen LogP contribution in [0.15, 0.2) is 34.9 Å². The van der Waals surface area contributed by atoms with Gasteiger partial charge in [-0.15, -0.1) is 0 Å². The highest BCUT2D eigenvalue weighted by Crippen LogP contribution is 2.30. The van der Waals surface area contributed by atoms with Crippen LogP contribution in [-0.4, -0.2) is 20.9 Å². The summed E-state index contributed by atoms with van der Waals surface area (Å²) in [5.41, 5.74) is 2.47. The molecule has 0 aliphatic carbocycles. The van der Waals surface area contributed by atoms with Gasteiger partial charge in [-0.3, -0.25) is 4.68 Å². The Balaban J connectivity index is 2.24. The first-order chi connectivity index (χ1) is 9.06. The van der Waals surface area contributed by atoms with E-state index in [1.807, 2.05) is 31.2 Å². The van der Waals surface area contributed by atoms with Gasteiger partial charge < -0.3 is 9.52 Å². The van der Waals surface area contributed by atoms with E-state index in [4.69, 9.17) is 9.52 Å². The van der Waals surface area contributed by atoms with Crippen LogP contribution in [0.25, 0.3) is 22.4 Å². The van der Waals surface area contributed by atoms with Crippen molar-refractivity contribution in [2.45, 2.75) is 6.92 Å². The zero-order chi connectivity index (χ0) is 13.6. The lowest BCUT2D eigenvalue weighted by atomic mass is 10.1. The second-order valence-corrected chi connectivity index (χ2v) is 4.49. The van der Waals surface area contributed by atoms with E-state index < -0.39 is 5.97 Å². The van der Waals surface area contributed by atoms with Crippen molar-refractivity contribution in [3.05, 3.63) is 41.6 Å². The van der Waals surface area contributed by atoms with Crippen LogP contribution >= 0.6 is 0 Å². The fourth-order valence-electron chi connectivity index (χ4n) is 2.17. The molecule has 0 aliphatic heterocycles. The fourth-order valence-corrected chi connectivity index (χ4v) is 2.17. The first-order valence-electron chi connectivity index (χ1n) is 5.82.